The summed E-state index contributed by atoms with van der Waals surface area (Å²) >= 11 is 12.4. The van der Waals surface area contributed by atoms with E-state index in [0.717, 1.165) is 0 Å². The molecule has 22 heavy (non-hydrogen) atoms. The summed E-state index contributed by atoms with van der Waals surface area (Å²) in [5.74, 6) is -1.25. The third kappa shape index (κ3) is 2.45. The fourth-order valence-corrected chi connectivity index (χ4v) is 3.04. The van der Waals surface area contributed by atoms with Crippen LogP contribution in [0.1, 0.15) is 16.8 Å². The van der Waals surface area contributed by atoms with Gasteiger partial charge in [-0.15, -0.1) is 0 Å². The molecule has 1 heterocycles. The summed E-state index contributed by atoms with van der Waals surface area (Å²) in [4.78, 5) is 23.3. The van der Waals surface area contributed by atoms with Crippen molar-refractivity contribution in [2.75, 3.05) is 0 Å². The van der Waals surface area contributed by atoms with Gasteiger partial charge < -0.3 is 9.84 Å². The number of carboxylic acids is 1. The molecule has 0 aromatic heterocycles. The van der Waals surface area contributed by atoms with Crippen molar-refractivity contribution in [3.63, 3.8) is 0 Å². The molecule has 6 heteroatoms. The molecule has 1 atom stereocenters. The average molecular weight is 337 g/mol. The third-order valence-corrected chi connectivity index (χ3v) is 4.08. The average Bonchev–Trinajstić information content (AvgIpc) is 2.47. The number of ether oxygens (including phenoxy) is 1. The lowest BCUT2D eigenvalue weighted by molar-refractivity contribution is -0.145. The van der Waals surface area contributed by atoms with Crippen molar-refractivity contribution in [2.24, 2.45) is 0 Å². The Kier molecular flexibility index (Phi) is 3.81. The van der Waals surface area contributed by atoms with E-state index in [1.807, 2.05) is 0 Å². The topological polar surface area (TPSA) is 63.6 Å². The summed E-state index contributed by atoms with van der Waals surface area (Å²) in [6.45, 7) is 0. The molecule has 4 nitrogen and oxygen atoms in total. The molecule has 0 spiro atoms. The summed E-state index contributed by atoms with van der Waals surface area (Å²) in [5, 5.41) is 9.92. The molecule has 1 aliphatic rings. The number of aliphatic carboxylic acids is 1. The van der Waals surface area contributed by atoms with E-state index in [1.165, 1.54) is 0 Å². The molecule has 1 aliphatic heterocycles. The highest BCUT2D eigenvalue weighted by atomic mass is 35.5. The predicted molar refractivity (Wildman–Crippen MR) is 82.9 cm³/mol. The molecule has 0 aliphatic carbocycles. The monoisotopic (exact) mass is 336 g/mol. The van der Waals surface area contributed by atoms with E-state index in [-0.39, 0.29) is 18.0 Å². The first-order valence-corrected chi connectivity index (χ1v) is 7.24. The van der Waals surface area contributed by atoms with Crippen LogP contribution < -0.4 is 4.74 Å². The van der Waals surface area contributed by atoms with Gasteiger partial charge >= 0.3 is 5.97 Å². The Morgan fingerprint density at radius 3 is 2.32 bits per heavy atom. The van der Waals surface area contributed by atoms with E-state index in [4.69, 9.17) is 33.0 Å². The Bertz CT molecular complexity index is 765. The van der Waals surface area contributed by atoms with E-state index in [9.17, 15) is 9.59 Å². The van der Waals surface area contributed by atoms with Crippen LogP contribution in [0.15, 0.2) is 36.4 Å². The van der Waals surface area contributed by atoms with E-state index in [2.05, 4.69) is 0 Å². The fourth-order valence-electron chi connectivity index (χ4n) is 2.44. The van der Waals surface area contributed by atoms with Gasteiger partial charge in [0, 0.05) is 11.1 Å². The van der Waals surface area contributed by atoms with Crippen molar-refractivity contribution < 1.29 is 19.4 Å². The van der Waals surface area contributed by atoms with Crippen LogP contribution in [-0.2, 0) is 4.79 Å². The Balaban J connectivity index is 2.22. The second-order valence-corrected chi connectivity index (χ2v) is 5.67. The number of hydrogen-bond donors (Lipinski definition) is 1. The Hall–Kier alpha value is -2.04. The second-order valence-electron chi connectivity index (χ2n) is 4.85. The van der Waals surface area contributed by atoms with Crippen LogP contribution in [-0.4, -0.2) is 23.0 Å². The first kappa shape index (κ1) is 14.9. The van der Waals surface area contributed by atoms with Crippen LogP contribution >= 0.6 is 23.2 Å². The van der Waals surface area contributed by atoms with Crippen LogP contribution in [0.2, 0.25) is 10.0 Å². The molecule has 0 saturated heterocycles. The van der Waals surface area contributed by atoms with Crippen LogP contribution in [0.5, 0.6) is 5.75 Å². The number of rotatable bonds is 2. The summed E-state index contributed by atoms with van der Waals surface area (Å²) in [6, 6.07) is 10.0. The number of fused-ring (bicyclic) bond motifs is 1. The largest absolute Gasteiger partial charge is 0.478 e. The van der Waals surface area contributed by atoms with E-state index >= 15 is 0 Å². The summed E-state index contributed by atoms with van der Waals surface area (Å²) in [7, 11) is 0. The molecular formula is C16H10Cl2O4. The summed E-state index contributed by atoms with van der Waals surface area (Å²) in [5.41, 5.74) is 1.36. The number of ketones is 1. The first-order chi connectivity index (χ1) is 10.5. The molecule has 0 saturated carbocycles. The molecule has 1 N–H and O–H groups in total. The van der Waals surface area contributed by atoms with Crippen LogP contribution in [0.4, 0.5) is 0 Å². The van der Waals surface area contributed by atoms with Gasteiger partial charge in [0.2, 0.25) is 6.10 Å². The van der Waals surface area contributed by atoms with Gasteiger partial charge in [0.05, 0.1) is 22.0 Å². The molecule has 0 amide bonds. The third-order valence-electron chi connectivity index (χ3n) is 3.45. The number of hydrogen-bond acceptors (Lipinski definition) is 3. The summed E-state index contributed by atoms with van der Waals surface area (Å²) in [6.07, 6.45) is -1.40. The van der Waals surface area contributed by atoms with E-state index in [0.29, 0.717) is 26.7 Å². The van der Waals surface area contributed by atoms with E-state index in [1.54, 1.807) is 36.4 Å². The molecule has 112 valence electrons. The van der Waals surface area contributed by atoms with Gasteiger partial charge in [-0.2, -0.15) is 0 Å². The van der Waals surface area contributed by atoms with Gasteiger partial charge in [-0.1, -0.05) is 41.4 Å². The lowest BCUT2D eigenvalue weighted by atomic mass is 9.94. The van der Waals surface area contributed by atoms with Crippen molar-refractivity contribution >= 4 is 35.0 Å². The fraction of sp³-hybridized carbons (Fsp3) is 0.125. The van der Waals surface area contributed by atoms with Gasteiger partial charge in [-0.05, 0) is 18.2 Å². The standard InChI is InChI=1S/C16H10Cl2O4/c17-10-5-2-6-11(18)14(10)9-4-1-3-8-12(19)7-13(16(20)21)22-15(8)9/h1-6,13H,7H2,(H,20,21). The van der Waals surface area contributed by atoms with Crippen molar-refractivity contribution in [1.29, 1.82) is 0 Å². The van der Waals surface area contributed by atoms with E-state index < -0.39 is 12.1 Å². The van der Waals surface area contributed by atoms with Gasteiger partial charge in [-0.3, -0.25) is 4.79 Å². The number of para-hydroxylation sites is 1. The number of carboxylic acid groups (broad SMARTS) is 1. The Morgan fingerprint density at radius 1 is 1.09 bits per heavy atom. The van der Waals surface area contributed by atoms with Gasteiger partial charge in [0.1, 0.15) is 5.75 Å². The highest BCUT2D eigenvalue weighted by Gasteiger charge is 2.33. The first-order valence-electron chi connectivity index (χ1n) is 6.49. The number of Topliss-reactive ketones (excluding diaryl/α,β-unsaturated/α-hetero) is 1. The molecule has 3 rings (SSSR count). The minimum atomic E-state index is -1.21. The number of benzene rings is 2. The predicted octanol–water partition coefficient (Wildman–Crippen LogP) is 4.08. The summed E-state index contributed by atoms with van der Waals surface area (Å²) < 4.78 is 5.52. The van der Waals surface area contributed by atoms with Gasteiger partial charge in [0.25, 0.3) is 0 Å². The minimum Gasteiger partial charge on any atom is -0.478 e. The normalized spacial score (nSPS) is 16.8. The van der Waals surface area contributed by atoms with Crippen LogP contribution in [0.3, 0.4) is 0 Å². The Morgan fingerprint density at radius 2 is 1.68 bits per heavy atom. The molecule has 0 radical (unpaired) electrons. The van der Waals surface area contributed by atoms with Crippen molar-refractivity contribution in [1.82, 2.24) is 0 Å². The minimum absolute atomic E-state index is 0.192. The maximum absolute atomic E-state index is 12.1. The number of carbonyl (C=O) groups excluding carboxylic acids is 1. The SMILES string of the molecule is O=C1CC(C(=O)O)Oc2c1cccc2-c1c(Cl)cccc1Cl. The van der Waals surface area contributed by atoms with Crippen molar-refractivity contribution in [3.05, 3.63) is 52.0 Å². The zero-order valence-electron chi connectivity index (χ0n) is 11.2. The smallest absolute Gasteiger partial charge is 0.345 e. The van der Waals surface area contributed by atoms with Crippen LogP contribution in [0, 0.1) is 0 Å². The maximum atomic E-state index is 12.1. The molecular weight excluding hydrogens is 327 g/mol. The van der Waals surface area contributed by atoms with Crippen molar-refractivity contribution in [2.45, 2.75) is 12.5 Å². The number of carbonyl (C=O) groups is 2. The zero-order valence-corrected chi connectivity index (χ0v) is 12.7. The maximum Gasteiger partial charge on any atom is 0.345 e. The highest BCUT2D eigenvalue weighted by Crippen LogP contribution is 2.43. The molecule has 1 unspecified atom stereocenters. The zero-order chi connectivity index (χ0) is 15.9. The van der Waals surface area contributed by atoms with Gasteiger partial charge in [-0.25, -0.2) is 4.79 Å². The van der Waals surface area contributed by atoms with Gasteiger partial charge in [0.15, 0.2) is 5.78 Å². The molecule has 2 aromatic rings. The molecule has 0 bridgehead atoms. The van der Waals surface area contributed by atoms with Crippen molar-refractivity contribution in [3.8, 4) is 16.9 Å². The lowest BCUT2D eigenvalue weighted by Gasteiger charge is -2.25. The highest BCUT2D eigenvalue weighted by molar-refractivity contribution is 6.39. The molecule has 0 fully saturated rings. The number of halogens is 2. The Labute approximate surface area is 136 Å². The lowest BCUT2D eigenvalue weighted by Crippen LogP contribution is -2.34. The van der Waals surface area contributed by atoms with Crippen LogP contribution in [0.25, 0.3) is 11.1 Å². The molecule has 2 aromatic carbocycles. The quantitative estimate of drug-likeness (QED) is 0.897. The second kappa shape index (κ2) is 5.63.